The third-order valence-electron chi connectivity index (χ3n) is 4.10. The van der Waals surface area contributed by atoms with Gasteiger partial charge in [-0.1, -0.05) is 24.3 Å². The number of carbonyl (C=O) groups excluding carboxylic acids is 2. The number of hydrogen-bond acceptors (Lipinski definition) is 4. The fourth-order valence-electron chi connectivity index (χ4n) is 2.62. The van der Waals surface area contributed by atoms with Crippen LogP contribution in [0.25, 0.3) is 0 Å². The summed E-state index contributed by atoms with van der Waals surface area (Å²) in [7, 11) is 1.53. The van der Waals surface area contributed by atoms with Gasteiger partial charge in [0.1, 0.15) is 23.1 Å². The molecule has 0 saturated heterocycles. The van der Waals surface area contributed by atoms with Gasteiger partial charge in [-0.15, -0.1) is 0 Å². The average Bonchev–Trinajstić information content (AvgIpc) is 2.74. The van der Waals surface area contributed by atoms with Crippen LogP contribution in [0.15, 0.2) is 60.9 Å². The van der Waals surface area contributed by atoms with Crippen molar-refractivity contribution in [1.29, 1.82) is 0 Å². The van der Waals surface area contributed by atoms with Crippen LogP contribution >= 0.6 is 0 Å². The highest BCUT2D eigenvalue weighted by Crippen LogP contribution is 2.19. The molecule has 0 spiro atoms. The van der Waals surface area contributed by atoms with E-state index < -0.39 is 29.1 Å². The summed E-state index contributed by atoms with van der Waals surface area (Å²) in [5, 5.41) is 4.87. The van der Waals surface area contributed by atoms with Crippen LogP contribution in [0.1, 0.15) is 26.3 Å². The molecule has 0 atom stereocenters. The van der Waals surface area contributed by atoms with E-state index in [-0.39, 0.29) is 17.7 Å². The molecule has 3 rings (SSSR count). The van der Waals surface area contributed by atoms with Gasteiger partial charge in [0.2, 0.25) is 0 Å². The topological polar surface area (TPSA) is 80.3 Å². The molecule has 0 aliphatic heterocycles. The first-order valence-electron chi connectivity index (χ1n) is 8.60. The van der Waals surface area contributed by atoms with Crippen LogP contribution in [0.5, 0.6) is 5.75 Å². The van der Waals surface area contributed by atoms with E-state index in [0.29, 0.717) is 5.75 Å². The standard InChI is InChI=1S/C21H17F2N3O3/c1-29-18-8-3-2-5-13(18)12-25-20(27)14-9-15(11-24-10-14)21(28)26-19-16(22)6-4-7-17(19)23/h2-11H,12H2,1H3,(H,25,27)(H,26,28). The number of benzene rings is 2. The molecule has 1 aromatic heterocycles. The monoisotopic (exact) mass is 397 g/mol. The predicted octanol–water partition coefficient (Wildman–Crippen LogP) is 3.55. The van der Waals surface area contributed by atoms with E-state index in [1.165, 1.54) is 31.6 Å². The summed E-state index contributed by atoms with van der Waals surface area (Å²) in [4.78, 5) is 28.6. The van der Waals surface area contributed by atoms with Crippen molar-refractivity contribution >= 4 is 17.5 Å². The van der Waals surface area contributed by atoms with E-state index in [4.69, 9.17) is 4.74 Å². The molecule has 29 heavy (non-hydrogen) atoms. The number of nitrogens with zero attached hydrogens (tertiary/aromatic N) is 1. The summed E-state index contributed by atoms with van der Waals surface area (Å²) in [5.41, 5.74) is 0.322. The molecule has 0 unspecified atom stereocenters. The minimum Gasteiger partial charge on any atom is -0.496 e. The number of ether oxygens (including phenoxy) is 1. The normalized spacial score (nSPS) is 10.3. The maximum absolute atomic E-state index is 13.7. The number of rotatable bonds is 6. The molecule has 148 valence electrons. The van der Waals surface area contributed by atoms with E-state index in [1.54, 1.807) is 6.07 Å². The average molecular weight is 397 g/mol. The zero-order valence-electron chi connectivity index (χ0n) is 15.4. The lowest BCUT2D eigenvalue weighted by molar-refractivity contribution is 0.0950. The molecule has 0 aliphatic carbocycles. The summed E-state index contributed by atoms with van der Waals surface area (Å²) in [5.74, 6) is -2.43. The minimum absolute atomic E-state index is 0.0161. The van der Waals surface area contributed by atoms with Crippen molar-refractivity contribution in [2.45, 2.75) is 6.54 Å². The SMILES string of the molecule is COc1ccccc1CNC(=O)c1cncc(C(=O)Nc2c(F)cccc2F)c1. The lowest BCUT2D eigenvalue weighted by Gasteiger charge is -2.10. The molecule has 0 bridgehead atoms. The van der Waals surface area contributed by atoms with E-state index in [2.05, 4.69) is 15.6 Å². The summed E-state index contributed by atoms with van der Waals surface area (Å²) >= 11 is 0. The Hall–Kier alpha value is -3.81. The van der Waals surface area contributed by atoms with Gasteiger partial charge < -0.3 is 15.4 Å². The Morgan fingerprint density at radius 2 is 1.62 bits per heavy atom. The van der Waals surface area contributed by atoms with Crippen LogP contribution in [0.2, 0.25) is 0 Å². The van der Waals surface area contributed by atoms with Gasteiger partial charge in [-0.05, 0) is 24.3 Å². The molecule has 0 aliphatic rings. The number of nitrogens with one attached hydrogen (secondary N) is 2. The molecule has 2 amide bonds. The van der Waals surface area contributed by atoms with E-state index in [1.807, 2.05) is 18.2 Å². The Bertz CT molecular complexity index is 1040. The maximum atomic E-state index is 13.7. The second kappa shape index (κ2) is 8.92. The fraction of sp³-hybridized carbons (Fsp3) is 0.0952. The molecule has 2 aromatic carbocycles. The Morgan fingerprint density at radius 1 is 0.966 bits per heavy atom. The zero-order valence-corrected chi connectivity index (χ0v) is 15.4. The van der Waals surface area contributed by atoms with Crippen LogP contribution in [0.4, 0.5) is 14.5 Å². The van der Waals surface area contributed by atoms with Crippen LogP contribution in [-0.4, -0.2) is 23.9 Å². The maximum Gasteiger partial charge on any atom is 0.257 e. The number of anilines is 1. The molecule has 2 N–H and O–H groups in total. The first kappa shape index (κ1) is 19.9. The number of pyridine rings is 1. The van der Waals surface area contributed by atoms with Crippen LogP contribution in [0, 0.1) is 11.6 Å². The number of hydrogen-bond donors (Lipinski definition) is 2. The lowest BCUT2D eigenvalue weighted by atomic mass is 10.1. The van der Waals surface area contributed by atoms with Gasteiger partial charge in [-0.2, -0.15) is 0 Å². The largest absolute Gasteiger partial charge is 0.496 e. The molecule has 6 nitrogen and oxygen atoms in total. The summed E-state index contributed by atoms with van der Waals surface area (Å²) in [6.07, 6.45) is 2.49. The first-order chi connectivity index (χ1) is 14.0. The molecule has 0 fully saturated rings. The van der Waals surface area contributed by atoms with Gasteiger partial charge in [0, 0.05) is 24.5 Å². The Labute approximate surface area is 165 Å². The van der Waals surface area contributed by atoms with Crippen LogP contribution in [0.3, 0.4) is 0 Å². The highest BCUT2D eigenvalue weighted by atomic mass is 19.1. The number of halogens is 2. The van der Waals surface area contributed by atoms with Crippen molar-refractivity contribution < 1.29 is 23.1 Å². The van der Waals surface area contributed by atoms with Gasteiger partial charge in [0.15, 0.2) is 0 Å². The number of carbonyl (C=O) groups is 2. The third kappa shape index (κ3) is 4.73. The summed E-state index contributed by atoms with van der Waals surface area (Å²) in [6.45, 7) is 0.208. The molecule has 0 radical (unpaired) electrons. The third-order valence-corrected chi connectivity index (χ3v) is 4.10. The fourth-order valence-corrected chi connectivity index (χ4v) is 2.62. The minimum atomic E-state index is -0.906. The smallest absolute Gasteiger partial charge is 0.257 e. The second-order valence-corrected chi connectivity index (χ2v) is 6.01. The first-order valence-corrected chi connectivity index (χ1v) is 8.60. The van der Waals surface area contributed by atoms with Crippen LogP contribution < -0.4 is 15.4 Å². The van der Waals surface area contributed by atoms with Crippen molar-refractivity contribution in [2.24, 2.45) is 0 Å². The molecular formula is C21H17F2N3O3. The van der Waals surface area contributed by atoms with Crippen molar-refractivity contribution in [3.8, 4) is 5.75 Å². The zero-order chi connectivity index (χ0) is 20.8. The molecule has 8 heteroatoms. The second-order valence-electron chi connectivity index (χ2n) is 6.01. The van der Waals surface area contributed by atoms with Gasteiger partial charge in [-0.3, -0.25) is 14.6 Å². The van der Waals surface area contributed by atoms with Gasteiger partial charge in [-0.25, -0.2) is 8.78 Å². The van der Waals surface area contributed by atoms with Gasteiger partial charge >= 0.3 is 0 Å². The van der Waals surface area contributed by atoms with E-state index in [9.17, 15) is 18.4 Å². The number of para-hydroxylation sites is 2. The Kier molecular flexibility index (Phi) is 6.13. The van der Waals surface area contributed by atoms with Crippen molar-refractivity contribution in [1.82, 2.24) is 10.3 Å². The Morgan fingerprint density at radius 3 is 2.31 bits per heavy atom. The molecule has 0 saturated carbocycles. The number of methoxy groups -OCH3 is 1. The molecule has 1 heterocycles. The highest BCUT2D eigenvalue weighted by molar-refractivity contribution is 6.05. The quantitative estimate of drug-likeness (QED) is 0.667. The number of aromatic nitrogens is 1. The lowest BCUT2D eigenvalue weighted by Crippen LogP contribution is -2.24. The molecule has 3 aromatic rings. The summed E-state index contributed by atoms with van der Waals surface area (Å²) < 4.78 is 32.7. The van der Waals surface area contributed by atoms with E-state index in [0.717, 1.165) is 17.7 Å². The number of amides is 2. The van der Waals surface area contributed by atoms with Crippen molar-refractivity contribution in [2.75, 3.05) is 12.4 Å². The summed E-state index contributed by atoms with van der Waals surface area (Å²) in [6, 6.07) is 11.7. The predicted molar refractivity (Wildman–Crippen MR) is 103 cm³/mol. The highest BCUT2D eigenvalue weighted by Gasteiger charge is 2.16. The van der Waals surface area contributed by atoms with E-state index >= 15 is 0 Å². The van der Waals surface area contributed by atoms with Gasteiger partial charge in [0.05, 0.1) is 18.2 Å². The van der Waals surface area contributed by atoms with Crippen molar-refractivity contribution in [3.63, 3.8) is 0 Å². The Balaban J connectivity index is 1.71. The van der Waals surface area contributed by atoms with Gasteiger partial charge in [0.25, 0.3) is 11.8 Å². The molecular weight excluding hydrogens is 380 g/mol. The van der Waals surface area contributed by atoms with Crippen molar-refractivity contribution in [3.05, 3.63) is 89.2 Å². The van der Waals surface area contributed by atoms with Crippen LogP contribution in [-0.2, 0) is 6.54 Å².